The van der Waals surface area contributed by atoms with Gasteiger partial charge in [-0.05, 0) is 12.0 Å². The molecule has 3 aromatic rings. The van der Waals surface area contributed by atoms with E-state index in [2.05, 4.69) is 54.6 Å². The van der Waals surface area contributed by atoms with E-state index in [4.69, 9.17) is 0 Å². The minimum atomic E-state index is 0. The fourth-order valence-corrected chi connectivity index (χ4v) is 2.79. The average molecular weight is 329 g/mol. The summed E-state index contributed by atoms with van der Waals surface area (Å²) in [7, 11) is 0. The van der Waals surface area contributed by atoms with Gasteiger partial charge in [0.15, 0.2) is 0 Å². The summed E-state index contributed by atoms with van der Waals surface area (Å²) in [4.78, 5) is 0. The van der Waals surface area contributed by atoms with Crippen molar-refractivity contribution in [2.75, 3.05) is 0 Å². The molecule has 0 aromatic heterocycles. The summed E-state index contributed by atoms with van der Waals surface area (Å²) < 4.78 is 0. The van der Waals surface area contributed by atoms with Crippen molar-refractivity contribution in [3.05, 3.63) is 83.9 Å². The Morgan fingerprint density at radius 2 is 1.60 bits per heavy atom. The van der Waals surface area contributed by atoms with Gasteiger partial charge in [-0.25, -0.2) is 11.1 Å². The van der Waals surface area contributed by atoms with E-state index in [1.54, 1.807) is 0 Å². The first kappa shape index (κ1) is 13.7. The number of hydrogen-bond acceptors (Lipinski definition) is 0. The van der Waals surface area contributed by atoms with Crippen LogP contribution in [0.1, 0.15) is 11.1 Å². The minimum Gasteiger partial charge on any atom is -0.226 e. The maximum absolute atomic E-state index is 3.39. The van der Waals surface area contributed by atoms with Crippen LogP contribution in [0.2, 0.25) is 0 Å². The van der Waals surface area contributed by atoms with Gasteiger partial charge in [-0.2, -0.15) is 36.4 Å². The van der Waals surface area contributed by atoms with Crippen molar-refractivity contribution in [3.8, 4) is 22.3 Å². The van der Waals surface area contributed by atoms with Crippen molar-refractivity contribution in [3.63, 3.8) is 0 Å². The molecule has 0 spiro atoms. The molecule has 93 valence electrons. The second kappa shape index (κ2) is 5.64. The molecular weight excluding hydrogens is 317 g/mol. The Bertz CT molecular complexity index is 745. The number of rotatable bonds is 1. The zero-order valence-electron chi connectivity index (χ0n) is 11.1. The molecule has 1 heteroatoms. The molecule has 1 aliphatic rings. The van der Waals surface area contributed by atoms with E-state index in [1.165, 1.54) is 22.3 Å². The van der Waals surface area contributed by atoms with Gasteiger partial charge < -0.3 is 0 Å². The van der Waals surface area contributed by atoms with Gasteiger partial charge in [0.2, 0.25) is 0 Å². The average Bonchev–Trinajstić information content (AvgIpc) is 2.86. The predicted octanol–water partition coefficient (Wildman–Crippen LogP) is 4.52. The molecule has 0 amide bonds. The molecule has 0 atom stereocenters. The molecule has 0 bridgehead atoms. The van der Waals surface area contributed by atoms with E-state index < -0.39 is 0 Å². The van der Waals surface area contributed by atoms with Crippen LogP contribution in [0.25, 0.3) is 22.3 Å². The van der Waals surface area contributed by atoms with Crippen LogP contribution in [0.5, 0.6) is 0 Å². The van der Waals surface area contributed by atoms with Gasteiger partial charge >= 0.3 is 0 Å². The van der Waals surface area contributed by atoms with Crippen LogP contribution >= 0.6 is 0 Å². The van der Waals surface area contributed by atoms with E-state index in [9.17, 15) is 0 Å². The van der Waals surface area contributed by atoms with Gasteiger partial charge in [-0.15, -0.1) is 17.7 Å². The Kier molecular flexibility index (Phi) is 3.87. The van der Waals surface area contributed by atoms with Crippen LogP contribution in [0.15, 0.2) is 60.7 Å². The molecule has 0 saturated heterocycles. The normalized spacial score (nSPS) is 11.4. The molecule has 0 saturated carbocycles. The first-order chi connectivity index (χ1) is 9.42. The van der Waals surface area contributed by atoms with E-state index >= 15 is 0 Å². The Morgan fingerprint density at radius 1 is 0.750 bits per heavy atom. The van der Waals surface area contributed by atoms with Gasteiger partial charge in [0, 0.05) is 32.7 Å². The molecule has 20 heavy (non-hydrogen) atoms. The number of fused-ring (bicyclic) bond motifs is 3. The Hall–Kier alpha value is -1.24. The van der Waals surface area contributed by atoms with E-state index in [0.717, 1.165) is 17.5 Å². The molecule has 1 radical (unpaired) electrons. The van der Waals surface area contributed by atoms with Crippen LogP contribution in [-0.2, 0) is 39.1 Å². The Balaban J connectivity index is 0.00000121. The van der Waals surface area contributed by atoms with Gasteiger partial charge in [-0.3, -0.25) is 0 Å². The fraction of sp³-hybridized carbons (Fsp3) is 0.0526. The molecule has 0 heterocycles. The Labute approximate surface area is 144 Å². The number of benzene rings is 3. The third-order valence-corrected chi connectivity index (χ3v) is 3.72. The van der Waals surface area contributed by atoms with Crippen LogP contribution in [-0.4, -0.2) is 0 Å². The smallest absolute Gasteiger partial charge is 0 e. The minimum absolute atomic E-state index is 0. The quantitative estimate of drug-likeness (QED) is 0.450. The third-order valence-electron chi connectivity index (χ3n) is 3.72. The topological polar surface area (TPSA) is 0 Å². The molecule has 3 aromatic carbocycles. The fourth-order valence-electron chi connectivity index (χ4n) is 2.79. The van der Waals surface area contributed by atoms with Gasteiger partial charge in [-0.1, -0.05) is 35.4 Å². The molecule has 0 aliphatic heterocycles. The molecule has 0 fully saturated rings. The van der Waals surface area contributed by atoms with Crippen molar-refractivity contribution in [2.24, 2.45) is 0 Å². The van der Waals surface area contributed by atoms with Crippen molar-refractivity contribution in [2.45, 2.75) is 6.42 Å². The second-order valence-corrected chi connectivity index (χ2v) is 4.90. The second-order valence-electron chi connectivity index (χ2n) is 4.90. The summed E-state index contributed by atoms with van der Waals surface area (Å²) in [5, 5.41) is 0. The summed E-state index contributed by atoms with van der Waals surface area (Å²) >= 11 is 0. The van der Waals surface area contributed by atoms with Gasteiger partial charge in [0.05, 0.1) is 0 Å². The first-order valence-corrected chi connectivity index (χ1v) is 6.52. The van der Waals surface area contributed by atoms with Crippen molar-refractivity contribution in [1.29, 1.82) is 0 Å². The van der Waals surface area contributed by atoms with Crippen molar-refractivity contribution >= 4 is 0 Å². The van der Waals surface area contributed by atoms with E-state index in [-0.39, 0.29) is 32.7 Å². The molecule has 4 rings (SSSR count). The van der Waals surface area contributed by atoms with Crippen LogP contribution < -0.4 is 0 Å². The van der Waals surface area contributed by atoms with Crippen LogP contribution in [0, 0.1) is 12.1 Å². The van der Waals surface area contributed by atoms with Crippen LogP contribution in [0.3, 0.4) is 0 Å². The largest absolute Gasteiger partial charge is 0.226 e. The van der Waals surface area contributed by atoms with Gasteiger partial charge in [0.25, 0.3) is 0 Å². The molecule has 0 N–H and O–H groups in total. The SMILES string of the molecule is [Y].[c-]1ccccc1-c1[c-]cc2c(c1)Cc1ccccc1-2. The molecular formula is C19H12Y-2. The molecule has 1 aliphatic carbocycles. The van der Waals surface area contributed by atoms with E-state index in [0.29, 0.717) is 0 Å². The standard InChI is InChI=1S/C19H12.Y/c1-2-6-14(7-3-1)15-10-11-19-17(12-15)13-16-8-4-5-9-18(16)19;/h1-6,8-9,11-12H,13H2;/q-2;. The monoisotopic (exact) mass is 329 g/mol. The summed E-state index contributed by atoms with van der Waals surface area (Å²) in [5.74, 6) is 0. The maximum atomic E-state index is 3.39. The maximum Gasteiger partial charge on any atom is 0 e. The van der Waals surface area contributed by atoms with Crippen LogP contribution in [0.4, 0.5) is 0 Å². The van der Waals surface area contributed by atoms with Gasteiger partial charge in [0.1, 0.15) is 0 Å². The zero-order valence-corrected chi connectivity index (χ0v) is 13.9. The van der Waals surface area contributed by atoms with Crippen molar-refractivity contribution < 1.29 is 32.7 Å². The van der Waals surface area contributed by atoms with Crippen molar-refractivity contribution in [1.82, 2.24) is 0 Å². The summed E-state index contributed by atoms with van der Waals surface area (Å²) in [5.41, 5.74) is 7.74. The third kappa shape index (κ3) is 2.28. The summed E-state index contributed by atoms with van der Waals surface area (Å²) in [6, 6.07) is 27.7. The van der Waals surface area contributed by atoms with E-state index in [1.807, 2.05) is 18.2 Å². The molecule has 0 unspecified atom stereocenters. The molecule has 0 nitrogen and oxygen atoms in total. The Morgan fingerprint density at radius 3 is 2.45 bits per heavy atom. The number of hydrogen-bond donors (Lipinski definition) is 0. The first-order valence-electron chi connectivity index (χ1n) is 6.52. The summed E-state index contributed by atoms with van der Waals surface area (Å²) in [6.45, 7) is 0. The predicted molar refractivity (Wildman–Crippen MR) is 77.8 cm³/mol. The summed E-state index contributed by atoms with van der Waals surface area (Å²) in [6.07, 6.45) is 1.03. The zero-order chi connectivity index (χ0) is 12.7.